The third-order valence-electron chi connectivity index (χ3n) is 2.91. The van der Waals surface area contributed by atoms with Crippen molar-refractivity contribution in [1.82, 2.24) is 14.9 Å². The lowest BCUT2D eigenvalue weighted by atomic mass is 10.2. The zero-order chi connectivity index (χ0) is 15.2. The number of benzene rings is 1. The molecule has 1 amide bonds. The normalized spacial score (nSPS) is 10.2. The van der Waals surface area contributed by atoms with Crippen molar-refractivity contribution in [1.29, 1.82) is 0 Å². The van der Waals surface area contributed by atoms with Crippen LogP contribution >= 0.6 is 11.6 Å². The van der Waals surface area contributed by atoms with Gasteiger partial charge in [-0.3, -0.25) is 4.79 Å². The van der Waals surface area contributed by atoms with Crippen molar-refractivity contribution in [2.45, 2.75) is 6.54 Å². The molecule has 0 unspecified atom stereocenters. The smallest absolute Gasteiger partial charge is 0.251 e. The van der Waals surface area contributed by atoms with Gasteiger partial charge in [-0.05, 0) is 12.1 Å². The summed E-state index contributed by atoms with van der Waals surface area (Å²) in [6.07, 6.45) is 5.22. The summed E-state index contributed by atoms with van der Waals surface area (Å²) in [5.74, 6) is 0.608. The Morgan fingerprint density at radius 3 is 2.81 bits per heavy atom. The lowest BCUT2D eigenvalue weighted by Gasteiger charge is -2.12. The Kier molecular flexibility index (Phi) is 5.05. The van der Waals surface area contributed by atoms with E-state index < -0.39 is 0 Å². The summed E-state index contributed by atoms with van der Waals surface area (Å²) in [6.45, 7) is 1.13. The van der Waals surface area contributed by atoms with E-state index in [1.54, 1.807) is 24.7 Å². The topological polar surface area (TPSA) is 65.4 Å². The van der Waals surface area contributed by atoms with Gasteiger partial charge in [0.15, 0.2) is 11.5 Å². The van der Waals surface area contributed by atoms with E-state index in [0.717, 1.165) is 0 Å². The van der Waals surface area contributed by atoms with Crippen LogP contribution in [-0.4, -0.2) is 36.2 Å². The maximum atomic E-state index is 12.1. The van der Waals surface area contributed by atoms with E-state index in [2.05, 4.69) is 10.3 Å². The number of nitrogens with zero attached hydrogens (tertiary/aromatic N) is 2. The lowest BCUT2D eigenvalue weighted by molar-refractivity contribution is 0.0952. The van der Waals surface area contributed by atoms with Crippen LogP contribution in [0.2, 0.25) is 5.02 Å². The fraction of sp³-hybridized carbons (Fsp3) is 0.286. The first kappa shape index (κ1) is 15.2. The molecule has 0 bridgehead atoms. The molecule has 1 heterocycles. The molecule has 0 aliphatic carbocycles. The van der Waals surface area contributed by atoms with E-state index >= 15 is 0 Å². The SMILES string of the molecule is COc1cc(C(=O)NCCn2ccnc2)cc(Cl)c1OC. The lowest BCUT2D eigenvalue weighted by Crippen LogP contribution is -2.27. The number of aromatic nitrogens is 2. The number of nitrogens with one attached hydrogen (secondary N) is 1. The molecular formula is C14H16ClN3O3. The molecule has 112 valence electrons. The van der Waals surface area contributed by atoms with Crippen molar-refractivity contribution in [3.8, 4) is 11.5 Å². The molecule has 1 aromatic heterocycles. The van der Waals surface area contributed by atoms with Gasteiger partial charge in [-0.2, -0.15) is 0 Å². The summed E-state index contributed by atoms with van der Waals surface area (Å²) >= 11 is 6.08. The second-order valence-electron chi connectivity index (χ2n) is 4.25. The second kappa shape index (κ2) is 6.99. The monoisotopic (exact) mass is 309 g/mol. The molecule has 2 aromatic rings. The van der Waals surface area contributed by atoms with Crippen LogP contribution in [0.1, 0.15) is 10.4 Å². The Balaban J connectivity index is 2.03. The van der Waals surface area contributed by atoms with Crippen molar-refractivity contribution in [3.05, 3.63) is 41.4 Å². The van der Waals surface area contributed by atoms with Crippen LogP contribution in [0.15, 0.2) is 30.9 Å². The minimum Gasteiger partial charge on any atom is -0.493 e. The Hall–Kier alpha value is -2.21. The number of hydrogen-bond acceptors (Lipinski definition) is 4. The van der Waals surface area contributed by atoms with Gasteiger partial charge in [0.1, 0.15) is 0 Å². The molecule has 0 aliphatic heterocycles. The molecule has 7 heteroatoms. The summed E-state index contributed by atoms with van der Waals surface area (Å²) in [7, 11) is 2.99. The number of carbonyl (C=O) groups is 1. The van der Waals surface area contributed by atoms with E-state index in [1.807, 2.05) is 10.8 Å². The number of ether oxygens (including phenoxy) is 2. The van der Waals surface area contributed by atoms with Crippen LogP contribution in [0.4, 0.5) is 0 Å². The van der Waals surface area contributed by atoms with Crippen molar-refractivity contribution in [2.75, 3.05) is 20.8 Å². The molecule has 0 spiro atoms. The van der Waals surface area contributed by atoms with Crippen molar-refractivity contribution >= 4 is 17.5 Å². The molecular weight excluding hydrogens is 294 g/mol. The van der Waals surface area contributed by atoms with Gasteiger partial charge in [0, 0.05) is 31.0 Å². The first-order valence-electron chi connectivity index (χ1n) is 6.31. The molecule has 0 saturated heterocycles. The third kappa shape index (κ3) is 3.66. The summed E-state index contributed by atoms with van der Waals surface area (Å²) in [4.78, 5) is 16.0. The summed E-state index contributed by atoms with van der Waals surface area (Å²) in [5, 5.41) is 3.14. The van der Waals surface area contributed by atoms with Crippen LogP contribution in [0.3, 0.4) is 0 Å². The molecule has 21 heavy (non-hydrogen) atoms. The molecule has 0 aliphatic rings. The average Bonchev–Trinajstić information content (AvgIpc) is 2.99. The van der Waals surface area contributed by atoms with Crippen LogP contribution in [0.25, 0.3) is 0 Å². The molecule has 6 nitrogen and oxygen atoms in total. The minimum atomic E-state index is -0.224. The standard InChI is InChI=1S/C14H16ClN3O3/c1-20-12-8-10(7-11(15)13(12)21-2)14(19)17-4-6-18-5-3-16-9-18/h3,5,7-9H,4,6H2,1-2H3,(H,17,19). The van der Waals surface area contributed by atoms with Crippen LogP contribution < -0.4 is 14.8 Å². The second-order valence-corrected chi connectivity index (χ2v) is 4.66. The van der Waals surface area contributed by atoms with Crippen LogP contribution in [-0.2, 0) is 6.54 Å². The number of rotatable bonds is 6. The average molecular weight is 310 g/mol. The van der Waals surface area contributed by atoms with E-state index in [-0.39, 0.29) is 5.91 Å². The van der Waals surface area contributed by atoms with E-state index in [0.29, 0.717) is 35.2 Å². The van der Waals surface area contributed by atoms with Gasteiger partial charge in [0.05, 0.1) is 25.6 Å². The highest BCUT2D eigenvalue weighted by molar-refractivity contribution is 6.32. The summed E-state index contributed by atoms with van der Waals surface area (Å²) in [6, 6.07) is 3.15. The number of hydrogen-bond donors (Lipinski definition) is 1. The van der Waals surface area contributed by atoms with Crippen molar-refractivity contribution in [3.63, 3.8) is 0 Å². The van der Waals surface area contributed by atoms with Crippen LogP contribution in [0.5, 0.6) is 11.5 Å². The molecule has 0 fully saturated rings. The number of methoxy groups -OCH3 is 2. The van der Waals surface area contributed by atoms with E-state index in [4.69, 9.17) is 21.1 Å². The number of amides is 1. The zero-order valence-electron chi connectivity index (χ0n) is 11.8. The highest BCUT2D eigenvalue weighted by Gasteiger charge is 2.14. The molecule has 0 radical (unpaired) electrons. The molecule has 0 saturated carbocycles. The maximum Gasteiger partial charge on any atom is 0.251 e. The van der Waals surface area contributed by atoms with E-state index in [1.165, 1.54) is 14.2 Å². The minimum absolute atomic E-state index is 0.224. The first-order valence-corrected chi connectivity index (χ1v) is 6.69. The largest absolute Gasteiger partial charge is 0.493 e. The van der Waals surface area contributed by atoms with Gasteiger partial charge in [-0.15, -0.1) is 0 Å². The molecule has 2 rings (SSSR count). The summed E-state index contributed by atoms with van der Waals surface area (Å²) in [5.41, 5.74) is 0.420. The van der Waals surface area contributed by atoms with Gasteiger partial charge < -0.3 is 19.4 Å². The molecule has 0 atom stereocenters. The summed E-state index contributed by atoms with van der Waals surface area (Å²) < 4.78 is 12.2. The van der Waals surface area contributed by atoms with Gasteiger partial charge in [-0.1, -0.05) is 11.6 Å². The number of imidazole rings is 1. The van der Waals surface area contributed by atoms with Gasteiger partial charge in [0.25, 0.3) is 5.91 Å². The Labute approximate surface area is 127 Å². The predicted octanol–water partition coefficient (Wildman–Crippen LogP) is 1.98. The Morgan fingerprint density at radius 1 is 1.38 bits per heavy atom. The molecule has 1 aromatic carbocycles. The quantitative estimate of drug-likeness (QED) is 0.886. The number of halogens is 1. The highest BCUT2D eigenvalue weighted by atomic mass is 35.5. The highest BCUT2D eigenvalue weighted by Crippen LogP contribution is 2.35. The van der Waals surface area contributed by atoms with Gasteiger partial charge >= 0.3 is 0 Å². The molecule has 1 N–H and O–H groups in total. The van der Waals surface area contributed by atoms with Gasteiger partial charge in [-0.25, -0.2) is 4.98 Å². The van der Waals surface area contributed by atoms with Gasteiger partial charge in [0.2, 0.25) is 0 Å². The first-order chi connectivity index (χ1) is 10.2. The Bertz CT molecular complexity index is 614. The van der Waals surface area contributed by atoms with Crippen LogP contribution in [0, 0.1) is 0 Å². The number of carbonyl (C=O) groups excluding carboxylic acids is 1. The maximum absolute atomic E-state index is 12.1. The van der Waals surface area contributed by atoms with Crippen molar-refractivity contribution in [2.24, 2.45) is 0 Å². The zero-order valence-corrected chi connectivity index (χ0v) is 12.6. The van der Waals surface area contributed by atoms with E-state index in [9.17, 15) is 4.79 Å². The predicted molar refractivity (Wildman–Crippen MR) is 79.1 cm³/mol. The van der Waals surface area contributed by atoms with Crippen molar-refractivity contribution < 1.29 is 14.3 Å². The fourth-order valence-corrected chi connectivity index (χ4v) is 2.16. The fourth-order valence-electron chi connectivity index (χ4n) is 1.87. The third-order valence-corrected chi connectivity index (χ3v) is 3.19. The Morgan fingerprint density at radius 2 is 2.19 bits per heavy atom.